The number of halogens is 1. The molecule has 0 aliphatic carbocycles. The monoisotopic (exact) mass is 864 g/mol. The molecule has 21 heteroatoms. The van der Waals surface area contributed by atoms with Gasteiger partial charge in [0.25, 0.3) is 0 Å². The Morgan fingerprint density at radius 1 is 0.871 bits per heavy atom. The van der Waals surface area contributed by atoms with Crippen molar-refractivity contribution in [2.24, 2.45) is 0 Å². The van der Waals surface area contributed by atoms with Crippen LogP contribution < -0.4 is 40.2 Å². The molecule has 2 aromatic carbocycles. The number of rotatable bonds is 13. The van der Waals surface area contributed by atoms with Gasteiger partial charge in [0, 0.05) is 12.1 Å². The number of carbonyl (C=O) groups is 2. The lowest BCUT2D eigenvalue weighted by Gasteiger charge is -2.23. The van der Waals surface area contributed by atoms with E-state index in [1.807, 2.05) is 0 Å². The third-order valence-corrected chi connectivity index (χ3v) is 7.91. The summed E-state index contributed by atoms with van der Waals surface area (Å²) in [6, 6.07) is 16.6. The number of aromatic nitrogens is 2. The number of fused-ring (bicyclic) bond motifs is 4. The number of pyridine rings is 2. The quantitative estimate of drug-likeness (QED) is 0.0740. The van der Waals surface area contributed by atoms with Gasteiger partial charge in [0.2, 0.25) is 23.4 Å². The fourth-order valence-electron chi connectivity index (χ4n) is 5.42. The summed E-state index contributed by atoms with van der Waals surface area (Å²) in [7, 11) is 0. The zero-order valence-electron chi connectivity index (χ0n) is 33.3. The van der Waals surface area contributed by atoms with Crippen LogP contribution in [-0.2, 0) is 22.6 Å². The Bertz CT molecular complexity index is 2230. The summed E-state index contributed by atoms with van der Waals surface area (Å²) in [5.41, 5.74) is 11.8. The predicted molar refractivity (Wildman–Crippen MR) is 231 cm³/mol. The third kappa shape index (κ3) is 13.8. The Hall–Kier alpha value is -7.97. The molecule has 2 aromatic heterocycles. The number of nitrogens with two attached hydrogens (primary N) is 2. The lowest BCUT2D eigenvalue weighted by Crippen LogP contribution is -2.32. The molecule has 0 atom stereocenters. The maximum absolute atomic E-state index is 12.7. The summed E-state index contributed by atoms with van der Waals surface area (Å²) in [6.07, 6.45) is 5.03. The number of ether oxygens (including phenoxy) is 6. The zero-order chi connectivity index (χ0) is 43.6. The fourth-order valence-corrected chi connectivity index (χ4v) is 5.42. The molecule has 20 nitrogen and oxygen atoms in total. The van der Waals surface area contributed by atoms with E-state index in [1.54, 1.807) is 80.6 Å². The van der Waals surface area contributed by atoms with E-state index in [9.17, 15) is 29.8 Å². The minimum absolute atomic E-state index is 0. The van der Waals surface area contributed by atoms with E-state index in [0.717, 1.165) is 9.80 Å². The molecule has 332 valence electrons. The summed E-state index contributed by atoms with van der Waals surface area (Å²) in [6.45, 7) is 11.4. The highest BCUT2D eigenvalue weighted by atomic mass is 19.0. The first-order valence-electron chi connectivity index (χ1n) is 18.2. The number of anilines is 4. The molecule has 0 spiro atoms. The van der Waals surface area contributed by atoms with Crippen molar-refractivity contribution in [3.63, 3.8) is 0 Å². The van der Waals surface area contributed by atoms with Gasteiger partial charge in [-0.25, -0.2) is 9.59 Å². The van der Waals surface area contributed by atoms with Crippen LogP contribution in [0.15, 0.2) is 98.1 Å². The minimum atomic E-state index is -0.789. The van der Waals surface area contributed by atoms with Crippen LogP contribution in [0, 0.1) is 20.2 Å². The van der Waals surface area contributed by atoms with Crippen molar-refractivity contribution in [3.8, 4) is 23.3 Å². The summed E-state index contributed by atoms with van der Waals surface area (Å²) in [4.78, 5) is 57.4. The number of nitrogens with zero attached hydrogens (tertiary/aromatic N) is 6. The smallest absolute Gasteiger partial charge is 0.414 e. The van der Waals surface area contributed by atoms with Crippen molar-refractivity contribution in [1.82, 2.24) is 9.97 Å². The largest absolute Gasteiger partial charge is 0.490 e. The number of hydrogen-bond donors (Lipinski definition) is 2. The van der Waals surface area contributed by atoms with Crippen LogP contribution in [0.25, 0.3) is 0 Å². The van der Waals surface area contributed by atoms with Crippen LogP contribution in [0.3, 0.4) is 0 Å². The highest BCUT2D eigenvalue weighted by molar-refractivity contribution is 5.93. The number of carbonyl (C=O) groups excluding carboxylic acids is 2. The van der Waals surface area contributed by atoms with Crippen molar-refractivity contribution < 1.29 is 52.6 Å². The fraction of sp³-hybridized carbons (Fsp3) is 0.268. The van der Waals surface area contributed by atoms with Gasteiger partial charge in [-0.05, 0) is 61.4 Å². The number of hydrogen-bond acceptors (Lipinski definition) is 16. The van der Waals surface area contributed by atoms with Gasteiger partial charge in [-0.15, -0.1) is 0 Å². The molecule has 0 saturated heterocycles. The predicted octanol–water partition coefficient (Wildman–Crippen LogP) is 7.72. The van der Waals surface area contributed by atoms with Gasteiger partial charge < -0.3 is 39.9 Å². The molecule has 5 rings (SSSR count). The number of amides is 2. The molecule has 4 N–H and O–H groups in total. The molecular formula is C41H49FN8O12. The Labute approximate surface area is 356 Å². The molecule has 2 amide bonds. The van der Waals surface area contributed by atoms with Crippen molar-refractivity contribution in [2.75, 3.05) is 60.9 Å². The summed E-state index contributed by atoms with van der Waals surface area (Å²) in [5, 5.41) is 23.3. The molecule has 4 bridgehead atoms. The number of nitrogen functional groups attached to an aromatic ring is 2. The lowest BCUT2D eigenvalue weighted by atomic mass is 10.2. The van der Waals surface area contributed by atoms with Gasteiger partial charge in [0.1, 0.15) is 49.3 Å². The van der Waals surface area contributed by atoms with Gasteiger partial charge in [0.15, 0.2) is 0 Å². The minimum Gasteiger partial charge on any atom is -0.490 e. The normalized spacial score (nSPS) is 11.9. The van der Waals surface area contributed by atoms with Crippen LogP contribution >= 0.6 is 0 Å². The van der Waals surface area contributed by atoms with Crippen LogP contribution in [0.1, 0.15) is 32.4 Å². The van der Waals surface area contributed by atoms with E-state index < -0.39 is 33.4 Å². The molecule has 0 fully saturated rings. The molecule has 4 aromatic rings. The molecule has 0 saturated carbocycles. The average Bonchev–Trinajstić information content (AvgIpc) is 3.21. The van der Waals surface area contributed by atoms with E-state index in [-0.39, 0.29) is 86.4 Å². The highest BCUT2D eigenvalue weighted by Gasteiger charge is 2.32. The lowest BCUT2D eigenvalue weighted by molar-refractivity contribution is -0.383. The first kappa shape index (κ1) is 50.2. The molecule has 1 aliphatic heterocycles. The summed E-state index contributed by atoms with van der Waals surface area (Å²) in [5.74, 6) is 0.464. The highest BCUT2D eigenvalue weighted by Crippen LogP contribution is 2.38. The third-order valence-electron chi connectivity index (χ3n) is 7.91. The second kappa shape index (κ2) is 24.8. The van der Waals surface area contributed by atoms with Crippen molar-refractivity contribution >= 4 is 46.6 Å². The Balaban J connectivity index is 0.000000414. The summed E-state index contributed by atoms with van der Waals surface area (Å²) >= 11 is 0. The van der Waals surface area contributed by atoms with Crippen molar-refractivity contribution in [2.45, 2.75) is 34.4 Å². The Morgan fingerprint density at radius 2 is 1.52 bits per heavy atom. The van der Waals surface area contributed by atoms with E-state index in [0.29, 0.717) is 35.8 Å². The van der Waals surface area contributed by atoms with Crippen LogP contribution in [-0.4, -0.2) is 71.6 Å². The van der Waals surface area contributed by atoms with Crippen LogP contribution in [0.4, 0.5) is 48.7 Å². The van der Waals surface area contributed by atoms with E-state index in [4.69, 9.17) is 39.9 Å². The van der Waals surface area contributed by atoms with Crippen LogP contribution in [0.5, 0.6) is 23.3 Å². The van der Waals surface area contributed by atoms with Gasteiger partial charge in [-0.1, -0.05) is 57.0 Å². The molecule has 3 heterocycles. The van der Waals surface area contributed by atoms with E-state index in [1.165, 1.54) is 18.2 Å². The second-order valence-corrected chi connectivity index (χ2v) is 12.1. The van der Waals surface area contributed by atoms with Crippen molar-refractivity contribution in [3.05, 3.63) is 129 Å². The number of benzene rings is 2. The first-order valence-corrected chi connectivity index (χ1v) is 18.2. The van der Waals surface area contributed by atoms with Gasteiger partial charge in [-0.2, -0.15) is 9.97 Å². The molecular weight excluding hydrogens is 815 g/mol. The summed E-state index contributed by atoms with van der Waals surface area (Å²) < 4.78 is 32.3. The molecule has 1 aliphatic rings. The zero-order valence-corrected chi connectivity index (χ0v) is 33.3. The standard InChI is InChI=1S/C21H24N4O6.C19H20N4O6.CH4.FH/c1-4-10-30-16-9-7-8-15(12-16)14-24(21(26)29-6-3)17-13-18(31-11-5-2)23-20(22)19(17)25(27)28;1-2-27-19(24)22-12-13-6-5-7-14(10-13)28-8-3-4-9-29-16-11-15(22)17(23(25)26)18(20)21-16;;/h4-5,7-9,12-13H,1-2,6,10-11,14H2,3H3,(H2,22,23);3-7,10-11H,2,8-9,12H2,1H3,(H2,20,21);1H4;1H/b;4-3+;;. The van der Waals surface area contributed by atoms with Crippen LogP contribution in [0.2, 0.25) is 0 Å². The van der Waals surface area contributed by atoms with Gasteiger partial charge in [0.05, 0.1) is 36.1 Å². The van der Waals surface area contributed by atoms with E-state index in [2.05, 4.69) is 23.1 Å². The first-order chi connectivity index (χ1) is 28.9. The SMILES string of the molecule is C.C=CCOc1cccc(CN(C(=O)OCC)c2cc(OCC=C)nc(N)c2[N+](=O)[O-])c1.CCOC(=O)N1Cc2cccc(c2)OC/C=C/COc2cc1c([N+](=O)[O-])c(N)n2.F. The van der Waals surface area contributed by atoms with Crippen molar-refractivity contribution in [1.29, 1.82) is 0 Å². The van der Waals surface area contributed by atoms with Gasteiger partial charge >= 0.3 is 23.6 Å². The van der Waals surface area contributed by atoms with Gasteiger partial charge in [-0.3, -0.25) is 34.7 Å². The molecule has 62 heavy (non-hydrogen) atoms. The Morgan fingerprint density at radius 3 is 2.18 bits per heavy atom. The Kier molecular flexibility index (Phi) is 20.1. The number of nitro groups is 2. The second-order valence-electron chi connectivity index (χ2n) is 12.1. The molecule has 0 radical (unpaired) electrons. The molecule has 0 unspecified atom stereocenters. The maximum Gasteiger partial charge on any atom is 0.414 e. The van der Waals surface area contributed by atoms with E-state index >= 15 is 0 Å². The maximum atomic E-state index is 12.7. The topological polar surface area (TPSA) is 260 Å². The average molecular weight is 865 g/mol.